The van der Waals surface area contributed by atoms with E-state index in [-0.39, 0.29) is 5.54 Å². The second-order valence-corrected chi connectivity index (χ2v) is 6.61. The van der Waals surface area contributed by atoms with Crippen molar-refractivity contribution in [2.45, 2.75) is 56.9 Å². The zero-order chi connectivity index (χ0) is 12.8. The first-order chi connectivity index (χ1) is 8.63. The first-order valence-electron chi connectivity index (χ1n) is 7.47. The number of rotatable bonds is 3. The van der Waals surface area contributed by atoms with Crippen LogP contribution in [0.5, 0.6) is 0 Å². The molecule has 0 amide bonds. The van der Waals surface area contributed by atoms with Gasteiger partial charge in [-0.15, -0.1) is 0 Å². The van der Waals surface area contributed by atoms with Gasteiger partial charge in [0, 0.05) is 44.3 Å². The smallest absolute Gasteiger partial charge is 0.0707 e. The fourth-order valence-electron chi connectivity index (χ4n) is 3.88. The molecule has 0 aromatic heterocycles. The third-order valence-corrected chi connectivity index (χ3v) is 5.19. The molecular weight excluding hydrogens is 226 g/mol. The van der Waals surface area contributed by atoms with Crippen LogP contribution in [0.4, 0.5) is 0 Å². The van der Waals surface area contributed by atoms with Crippen LogP contribution in [0.15, 0.2) is 0 Å². The summed E-state index contributed by atoms with van der Waals surface area (Å²) in [4.78, 5) is 5.23. The Kier molecular flexibility index (Phi) is 3.39. The zero-order valence-electron chi connectivity index (χ0n) is 11.8. The summed E-state index contributed by atoms with van der Waals surface area (Å²) in [5.41, 5.74) is 6.38. The van der Waals surface area contributed by atoms with E-state index in [1.165, 1.54) is 25.8 Å². The van der Waals surface area contributed by atoms with Gasteiger partial charge in [-0.2, -0.15) is 0 Å². The number of hydrogen-bond acceptors (Lipinski definition) is 4. The Morgan fingerprint density at radius 2 is 1.94 bits per heavy atom. The first-order valence-corrected chi connectivity index (χ1v) is 7.47. The van der Waals surface area contributed by atoms with Gasteiger partial charge in [-0.3, -0.25) is 9.80 Å². The highest BCUT2D eigenvalue weighted by Crippen LogP contribution is 2.35. The van der Waals surface area contributed by atoms with Crippen LogP contribution < -0.4 is 5.73 Å². The van der Waals surface area contributed by atoms with E-state index >= 15 is 0 Å². The molecule has 4 heteroatoms. The van der Waals surface area contributed by atoms with Gasteiger partial charge in [-0.25, -0.2) is 0 Å². The number of ether oxygens (including phenoxy) is 1. The summed E-state index contributed by atoms with van der Waals surface area (Å²) in [7, 11) is 0. The van der Waals surface area contributed by atoms with E-state index in [9.17, 15) is 0 Å². The molecule has 0 aromatic carbocycles. The van der Waals surface area contributed by atoms with Crippen LogP contribution in [0, 0.1) is 0 Å². The number of hydrogen-bond donors (Lipinski definition) is 1. The van der Waals surface area contributed by atoms with Crippen LogP contribution in [-0.2, 0) is 4.74 Å². The molecule has 3 aliphatic heterocycles. The lowest BCUT2D eigenvalue weighted by atomic mass is 9.95. The Balaban J connectivity index is 1.72. The molecule has 3 atom stereocenters. The van der Waals surface area contributed by atoms with Gasteiger partial charge in [-0.1, -0.05) is 0 Å². The highest BCUT2D eigenvalue weighted by Gasteiger charge is 2.47. The highest BCUT2D eigenvalue weighted by atomic mass is 16.5. The Morgan fingerprint density at radius 1 is 1.28 bits per heavy atom. The third kappa shape index (κ3) is 2.09. The molecule has 0 spiro atoms. The minimum absolute atomic E-state index is 0.217. The van der Waals surface area contributed by atoms with Crippen molar-refractivity contribution in [1.29, 1.82) is 0 Å². The molecule has 18 heavy (non-hydrogen) atoms. The maximum atomic E-state index is 6.16. The topological polar surface area (TPSA) is 41.7 Å². The van der Waals surface area contributed by atoms with Crippen molar-refractivity contribution in [2.75, 3.05) is 32.7 Å². The predicted molar refractivity (Wildman–Crippen MR) is 72.6 cm³/mol. The van der Waals surface area contributed by atoms with Gasteiger partial charge >= 0.3 is 0 Å². The Labute approximate surface area is 110 Å². The third-order valence-electron chi connectivity index (χ3n) is 5.19. The Bertz CT molecular complexity index is 297. The van der Waals surface area contributed by atoms with E-state index in [1.54, 1.807) is 0 Å². The fraction of sp³-hybridized carbons (Fsp3) is 1.00. The summed E-state index contributed by atoms with van der Waals surface area (Å²) in [5.74, 6) is 0. The number of likely N-dealkylation sites (tertiary alicyclic amines) is 2. The molecule has 3 rings (SSSR count). The normalized spacial score (nSPS) is 42.0. The van der Waals surface area contributed by atoms with E-state index in [0.29, 0.717) is 18.2 Å². The van der Waals surface area contributed by atoms with Crippen LogP contribution in [-0.4, -0.2) is 66.3 Å². The van der Waals surface area contributed by atoms with Gasteiger partial charge < -0.3 is 10.5 Å². The summed E-state index contributed by atoms with van der Waals surface area (Å²) in [6, 6.07) is 0.635. The summed E-state index contributed by atoms with van der Waals surface area (Å²) in [5, 5.41) is 0. The molecule has 4 nitrogen and oxygen atoms in total. The van der Waals surface area contributed by atoms with E-state index in [4.69, 9.17) is 10.5 Å². The second kappa shape index (κ2) is 4.75. The molecule has 2 bridgehead atoms. The van der Waals surface area contributed by atoms with Crippen LogP contribution >= 0.6 is 0 Å². The van der Waals surface area contributed by atoms with Crippen LogP contribution in [0.2, 0.25) is 0 Å². The van der Waals surface area contributed by atoms with Crippen LogP contribution in [0.1, 0.15) is 33.1 Å². The molecule has 104 valence electrons. The lowest BCUT2D eigenvalue weighted by Gasteiger charge is -2.45. The van der Waals surface area contributed by atoms with E-state index in [0.717, 1.165) is 26.2 Å². The first kappa shape index (κ1) is 12.9. The molecular formula is C14H27N3O. The van der Waals surface area contributed by atoms with Crippen molar-refractivity contribution >= 4 is 0 Å². The summed E-state index contributed by atoms with van der Waals surface area (Å²) in [6.45, 7) is 9.89. The molecule has 3 heterocycles. The molecule has 0 radical (unpaired) electrons. The number of fused-ring (bicyclic) bond motifs is 2. The van der Waals surface area contributed by atoms with Crippen molar-refractivity contribution in [3.63, 3.8) is 0 Å². The Hall–Kier alpha value is -0.160. The zero-order valence-corrected chi connectivity index (χ0v) is 11.8. The lowest BCUT2D eigenvalue weighted by molar-refractivity contribution is -0.0746. The van der Waals surface area contributed by atoms with Crippen LogP contribution in [0.25, 0.3) is 0 Å². The molecule has 3 unspecified atom stereocenters. The monoisotopic (exact) mass is 253 g/mol. The van der Waals surface area contributed by atoms with Crippen molar-refractivity contribution in [3.05, 3.63) is 0 Å². The molecule has 3 saturated heterocycles. The molecule has 3 fully saturated rings. The minimum Gasteiger partial charge on any atom is -0.372 e. The summed E-state index contributed by atoms with van der Waals surface area (Å²) >= 11 is 0. The minimum atomic E-state index is 0.217. The van der Waals surface area contributed by atoms with Gasteiger partial charge in [0.15, 0.2) is 0 Å². The highest BCUT2D eigenvalue weighted by molar-refractivity contribution is 5.04. The fourth-order valence-corrected chi connectivity index (χ4v) is 3.88. The van der Waals surface area contributed by atoms with Crippen molar-refractivity contribution in [1.82, 2.24) is 9.80 Å². The molecule has 0 saturated carbocycles. The predicted octanol–water partition coefficient (Wildman–Crippen LogP) is 0.661. The number of nitrogens with two attached hydrogens (primary N) is 1. The molecule has 2 N–H and O–H groups in total. The van der Waals surface area contributed by atoms with Gasteiger partial charge in [0.25, 0.3) is 0 Å². The van der Waals surface area contributed by atoms with E-state index < -0.39 is 0 Å². The largest absolute Gasteiger partial charge is 0.372 e. The summed E-state index contributed by atoms with van der Waals surface area (Å²) < 4.78 is 5.95. The standard InChI is InChI=1S/C14H27N3O/c1-11(2)16-6-5-14(9-15,10-16)17-7-12-3-4-13(8-17)18-12/h11-13H,3-10,15H2,1-2H3. The van der Waals surface area contributed by atoms with Crippen molar-refractivity contribution < 1.29 is 4.74 Å². The van der Waals surface area contributed by atoms with E-state index in [1.807, 2.05) is 0 Å². The summed E-state index contributed by atoms with van der Waals surface area (Å²) in [6.07, 6.45) is 4.66. The average Bonchev–Trinajstić information content (AvgIpc) is 2.94. The maximum absolute atomic E-state index is 6.16. The SMILES string of the molecule is CC(C)N1CCC(CN)(N2CC3CCC(C2)O3)C1. The van der Waals surface area contributed by atoms with Crippen molar-refractivity contribution in [3.8, 4) is 0 Å². The molecule has 3 aliphatic rings. The quantitative estimate of drug-likeness (QED) is 0.802. The second-order valence-electron chi connectivity index (χ2n) is 6.61. The molecule has 0 aliphatic carbocycles. The van der Waals surface area contributed by atoms with Crippen LogP contribution in [0.3, 0.4) is 0 Å². The maximum Gasteiger partial charge on any atom is 0.0707 e. The van der Waals surface area contributed by atoms with Gasteiger partial charge in [0.1, 0.15) is 0 Å². The lowest BCUT2D eigenvalue weighted by Crippen LogP contribution is -2.61. The van der Waals surface area contributed by atoms with Gasteiger partial charge in [0.05, 0.1) is 12.2 Å². The van der Waals surface area contributed by atoms with Gasteiger partial charge in [0.2, 0.25) is 0 Å². The van der Waals surface area contributed by atoms with E-state index in [2.05, 4.69) is 23.6 Å². The number of morpholine rings is 1. The molecule has 0 aromatic rings. The number of nitrogens with zero attached hydrogens (tertiary/aromatic N) is 2. The average molecular weight is 253 g/mol. The van der Waals surface area contributed by atoms with Gasteiger partial charge in [-0.05, 0) is 33.1 Å². The van der Waals surface area contributed by atoms with Crippen molar-refractivity contribution in [2.24, 2.45) is 5.73 Å². The Morgan fingerprint density at radius 3 is 2.44 bits per heavy atom.